The van der Waals surface area contributed by atoms with E-state index in [1.165, 1.54) is 0 Å². The average Bonchev–Trinajstić information content (AvgIpc) is 2.72. The molecule has 29 heavy (non-hydrogen) atoms. The minimum atomic E-state index is 0.0749. The second-order valence-corrected chi connectivity index (χ2v) is 7.73. The zero-order valence-electron chi connectivity index (χ0n) is 18.2. The molecule has 1 aliphatic rings. The normalized spacial score (nSPS) is 19.7. The van der Waals surface area contributed by atoms with Crippen LogP contribution in [0.25, 0.3) is 0 Å². The molecule has 0 heterocycles. The Morgan fingerprint density at radius 3 is 2.79 bits per heavy atom. The van der Waals surface area contributed by atoms with E-state index in [1.54, 1.807) is 14.2 Å². The summed E-state index contributed by atoms with van der Waals surface area (Å²) in [5.41, 5.74) is 1.03. The number of carbonyl (C=O) groups excluding carboxylic acids is 1. The Morgan fingerprint density at radius 2 is 2.07 bits per heavy atom. The molecule has 0 radical (unpaired) electrons. The molecule has 2 atom stereocenters. The molecule has 7 heteroatoms. The van der Waals surface area contributed by atoms with Gasteiger partial charge in [-0.25, -0.2) is 0 Å². The number of rotatable bonds is 9. The summed E-state index contributed by atoms with van der Waals surface area (Å²) < 4.78 is 11.1. The molecule has 0 saturated heterocycles. The van der Waals surface area contributed by atoms with Crippen molar-refractivity contribution < 1.29 is 14.3 Å². The number of guanidine groups is 1. The Morgan fingerprint density at radius 1 is 1.28 bits per heavy atom. The lowest BCUT2D eigenvalue weighted by atomic mass is 9.85. The van der Waals surface area contributed by atoms with Crippen LogP contribution in [0.1, 0.15) is 45.1 Å². The highest BCUT2D eigenvalue weighted by atomic mass is 16.5. The Bertz CT molecular complexity index is 663. The summed E-state index contributed by atoms with van der Waals surface area (Å²) in [6.07, 6.45) is 3.90. The Labute approximate surface area is 174 Å². The number of nitrogens with one attached hydrogen (secondary N) is 3. The fourth-order valence-electron chi connectivity index (χ4n) is 3.60. The van der Waals surface area contributed by atoms with Gasteiger partial charge in [-0.3, -0.25) is 9.79 Å². The van der Waals surface area contributed by atoms with Gasteiger partial charge in [0.1, 0.15) is 5.75 Å². The third-order valence-electron chi connectivity index (χ3n) is 5.03. The van der Waals surface area contributed by atoms with Gasteiger partial charge >= 0.3 is 0 Å². The SMILES string of the molecule is CN=C(NCCOCc1ccccc1OC)NC1CCCC(C(=O)NC(C)C)C1. The highest BCUT2D eigenvalue weighted by Gasteiger charge is 2.27. The lowest BCUT2D eigenvalue weighted by Gasteiger charge is -2.30. The molecule has 1 saturated carbocycles. The van der Waals surface area contributed by atoms with Gasteiger partial charge in [-0.15, -0.1) is 0 Å². The first kappa shape index (κ1) is 23.0. The first-order valence-electron chi connectivity index (χ1n) is 10.5. The second-order valence-electron chi connectivity index (χ2n) is 7.73. The molecule has 1 fully saturated rings. The van der Waals surface area contributed by atoms with E-state index in [4.69, 9.17) is 9.47 Å². The van der Waals surface area contributed by atoms with Crippen LogP contribution in [0.15, 0.2) is 29.3 Å². The topological polar surface area (TPSA) is 84.0 Å². The molecule has 1 aliphatic carbocycles. The summed E-state index contributed by atoms with van der Waals surface area (Å²) >= 11 is 0. The van der Waals surface area contributed by atoms with Crippen molar-refractivity contribution in [3.8, 4) is 5.75 Å². The maximum Gasteiger partial charge on any atom is 0.223 e. The highest BCUT2D eigenvalue weighted by Crippen LogP contribution is 2.24. The van der Waals surface area contributed by atoms with Gasteiger partial charge in [0, 0.05) is 37.2 Å². The van der Waals surface area contributed by atoms with E-state index in [1.807, 2.05) is 38.1 Å². The first-order chi connectivity index (χ1) is 14.0. The standard InChI is InChI=1S/C22H36N4O3/c1-16(2)25-21(27)17-9-7-10-19(14-17)26-22(23-3)24-12-13-29-15-18-8-5-6-11-20(18)28-4/h5-6,8,11,16-17,19H,7,9-10,12-15H2,1-4H3,(H,25,27)(H2,23,24,26). The number of ether oxygens (including phenoxy) is 2. The van der Waals surface area contributed by atoms with Crippen molar-refractivity contribution in [2.24, 2.45) is 10.9 Å². The van der Waals surface area contributed by atoms with E-state index in [2.05, 4.69) is 20.9 Å². The lowest BCUT2D eigenvalue weighted by molar-refractivity contribution is -0.126. The zero-order valence-corrected chi connectivity index (χ0v) is 18.2. The van der Waals surface area contributed by atoms with Gasteiger partial charge in [0.15, 0.2) is 5.96 Å². The number of nitrogens with zero attached hydrogens (tertiary/aromatic N) is 1. The largest absolute Gasteiger partial charge is 0.496 e. The fourth-order valence-corrected chi connectivity index (χ4v) is 3.60. The van der Waals surface area contributed by atoms with E-state index >= 15 is 0 Å². The molecule has 0 spiro atoms. The Hall–Kier alpha value is -2.28. The minimum absolute atomic E-state index is 0.0749. The van der Waals surface area contributed by atoms with Crippen LogP contribution in [-0.4, -0.2) is 51.3 Å². The van der Waals surface area contributed by atoms with Crippen LogP contribution in [0.2, 0.25) is 0 Å². The number of hydrogen-bond acceptors (Lipinski definition) is 4. The number of amides is 1. The number of aliphatic imine (C=N–C) groups is 1. The van der Waals surface area contributed by atoms with Gasteiger partial charge in [0.05, 0.1) is 20.3 Å². The van der Waals surface area contributed by atoms with Crippen LogP contribution in [0.4, 0.5) is 0 Å². The molecule has 0 aliphatic heterocycles. The average molecular weight is 405 g/mol. The number of methoxy groups -OCH3 is 1. The van der Waals surface area contributed by atoms with Crippen molar-refractivity contribution >= 4 is 11.9 Å². The summed E-state index contributed by atoms with van der Waals surface area (Å²) in [4.78, 5) is 16.6. The van der Waals surface area contributed by atoms with Crippen molar-refractivity contribution in [3.05, 3.63) is 29.8 Å². The molecule has 0 aromatic heterocycles. The molecule has 2 unspecified atom stereocenters. The van der Waals surface area contributed by atoms with Gasteiger partial charge in [-0.1, -0.05) is 24.6 Å². The summed E-state index contributed by atoms with van der Waals surface area (Å²) in [5.74, 6) is 1.83. The number of carbonyl (C=O) groups is 1. The lowest BCUT2D eigenvalue weighted by Crippen LogP contribution is -2.48. The molecule has 1 aromatic carbocycles. The fraction of sp³-hybridized carbons (Fsp3) is 0.636. The van der Waals surface area contributed by atoms with Gasteiger partial charge in [-0.05, 0) is 39.2 Å². The maximum absolute atomic E-state index is 12.3. The van der Waals surface area contributed by atoms with E-state index in [9.17, 15) is 4.79 Å². The van der Waals surface area contributed by atoms with Crippen molar-refractivity contribution in [1.82, 2.24) is 16.0 Å². The molecule has 3 N–H and O–H groups in total. The van der Waals surface area contributed by atoms with E-state index in [0.29, 0.717) is 19.8 Å². The van der Waals surface area contributed by atoms with E-state index in [-0.39, 0.29) is 23.9 Å². The summed E-state index contributed by atoms with van der Waals surface area (Å²) in [5, 5.41) is 9.78. The van der Waals surface area contributed by atoms with Crippen LogP contribution >= 0.6 is 0 Å². The molecule has 1 amide bonds. The minimum Gasteiger partial charge on any atom is -0.496 e. The predicted octanol–water partition coefficient (Wildman–Crippen LogP) is 2.46. The zero-order chi connectivity index (χ0) is 21.1. The molecular formula is C22H36N4O3. The third-order valence-corrected chi connectivity index (χ3v) is 5.03. The first-order valence-corrected chi connectivity index (χ1v) is 10.5. The number of hydrogen-bond donors (Lipinski definition) is 3. The Kier molecular flexibility index (Phi) is 9.77. The van der Waals surface area contributed by atoms with Crippen LogP contribution < -0.4 is 20.7 Å². The van der Waals surface area contributed by atoms with Crippen LogP contribution in [0.3, 0.4) is 0 Å². The Balaban J connectivity index is 1.70. The number of para-hydroxylation sites is 1. The second kappa shape index (κ2) is 12.3. The van der Waals surface area contributed by atoms with Crippen molar-refractivity contribution in [1.29, 1.82) is 0 Å². The van der Waals surface area contributed by atoms with Crippen molar-refractivity contribution in [2.45, 2.75) is 58.2 Å². The van der Waals surface area contributed by atoms with Crippen LogP contribution in [-0.2, 0) is 16.1 Å². The predicted molar refractivity (Wildman–Crippen MR) is 116 cm³/mol. The molecule has 2 rings (SSSR count). The summed E-state index contributed by atoms with van der Waals surface area (Å²) in [6, 6.07) is 8.29. The van der Waals surface area contributed by atoms with Crippen molar-refractivity contribution in [2.75, 3.05) is 27.3 Å². The van der Waals surface area contributed by atoms with Crippen LogP contribution in [0.5, 0.6) is 5.75 Å². The van der Waals surface area contributed by atoms with E-state index in [0.717, 1.165) is 43.0 Å². The van der Waals surface area contributed by atoms with Gasteiger partial charge in [0.2, 0.25) is 5.91 Å². The third kappa shape index (κ3) is 7.93. The molecule has 162 valence electrons. The van der Waals surface area contributed by atoms with Gasteiger partial charge in [-0.2, -0.15) is 0 Å². The molecule has 7 nitrogen and oxygen atoms in total. The monoisotopic (exact) mass is 404 g/mol. The molecular weight excluding hydrogens is 368 g/mol. The number of benzene rings is 1. The summed E-state index contributed by atoms with van der Waals surface area (Å²) in [6.45, 7) is 5.71. The quantitative estimate of drug-likeness (QED) is 0.335. The van der Waals surface area contributed by atoms with E-state index < -0.39 is 0 Å². The molecule has 0 bridgehead atoms. The maximum atomic E-state index is 12.3. The van der Waals surface area contributed by atoms with Gasteiger partial charge in [0.25, 0.3) is 0 Å². The summed E-state index contributed by atoms with van der Waals surface area (Å²) in [7, 11) is 3.43. The highest BCUT2D eigenvalue weighted by molar-refractivity contribution is 5.81. The molecule has 1 aromatic rings. The smallest absolute Gasteiger partial charge is 0.223 e. The van der Waals surface area contributed by atoms with Crippen molar-refractivity contribution in [3.63, 3.8) is 0 Å². The van der Waals surface area contributed by atoms with Gasteiger partial charge < -0.3 is 25.4 Å². The van der Waals surface area contributed by atoms with Crippen LogP contribution in [0, 0.1) is 5.92 Å².